The molecule has 34 heavy (non-hydrogen) atoms. The number of fused-ring (bicyclic) bond motifs is 5. The van der Waals surface area contributed by atoms with Crippen molar-refractivity contribution in [2.45, 2.75) is 31.3 Å². The molecule has 0 unspecified atom stereocenters. The van der Waals surface area contributed by atoms with Gasteiger partial charge in [0.1, 0.15) is 11.2 Å². The molecule has 170 valence electrons. The molecule has 1 aliphatic carbocycles. The molecule has 6 nitrogen and oxygen atoms in total. The van der Waals surface area contributed by atoms with Crippen LogP contribution < -0.4 is 4.90 Å². The molecule has 2 aromatic carbocycles. The first-order valence-corrected chi connectivity index (χ1v) is 13.2. The number of para-hydroxylation sites is 2. The van der Waals surface area contributed by atoms with Gasteiger partial charge in [0, 0.05) is 16.3 Å². The fourth-order valence-electron chi connectivity index (χ4n) is 4.60. The van der Waals surface area contributed by atoms with Crippen LogP contribution in [0.5, 0.6) is 0 Å². The first kappa shape index (κ1) is 21.3. The highest BCUT2D eigenvalue weighted by Gasteiger charge is 2.24. The highest BCUT2D eigenvalue weighted by atomic mass is 32.2. The summed E-state index contributed by atoms with van der Waals surface area (Å²) in [5, 5.41) is 10.8. The third kappa shape index (κ3) is 3.76. The lowest BCUT2D eigenvalue weighted by Gasteiger charge is -2.22. The quantitative estimate of drug-likeness (QED) is 0.289. The van der Waals surface area contributed by atoms with Crippen molar-refractivity contribution in [1.29, 1.82) is 0 Å². The van der Waals surface area contributed by atoms with Crippen LogP contribution in [0.2, 0.25) is 0 Å². The van der Waals surface area contributed by atoms with Gasteiger partial charge in [-0.25, -0.2) is 4.98 Å². The number of aryl methyl sites for hydroxylation is 1. The number of thiophene rings is 1. The van der Waals surface area contributed by atoms with Gasteiger partial charge >= 0.3 is 0 Å². The molecule has 3 aromatic heterocycles. The SMILES string of the molecule is C[C@H]1CCc2c(sc3ncn4c(SCC(=O)N(c5ccccc5)c5ccccc5)nnc4c23)C1. The zero-order valence-corrected chi connectivity index (χ0v) is 20.4. The molecule has 0 bridgehead atoms. The van der Waals surface area contributed by atoms with Gasteiger partial charge in [0.25, 0.3) is 0 Å². The van der Waals surface area contributed by atoms with Crippen LogP contribution in [0.4, 0.5) is 11.4 Å². The fourth-order valence-corrected chi connectivity index (χ4v) is 6.70. The summed E-state index contributed by atoms with van der Waals surface area (Å²) in [7, 11) is 0. The largest absolute Gasteiger partial charge is 0.280 e. The second-order valence-corrected chi connectivity index (χ2v) is 10.7. The monoisotopic (exact) mass is 485 g/mol. The van der Waals surface area contributed by atoms with Crippen molar-refractivity contribution in [2.24, 2.45) is 5.92 Å². The lowest BCUT2D eigenvalue weighted by Crippen LogP contribution is -2.27. The maximum atomic E-state index is 13.4. The summed E-state index contributed by atoms with van der Waals surface area (Å²) in [5.41, 5.74) is 3.91. The Morgan fingerprint density at radius 2 is 1.79 bits per heavy atom. The predicted octanol–water partition coefficient (Wildman–Crippen LogP) is 5.92. The van der Waals surface area contributed by atoms with Gasteiger partial charge in [0.2, 0.25) is 5.91 Å². The Labute approximate surface area is 205 Å². The number of thioether (sulfide) groups is 1. The van der Waals surface area contributed by atoms with Crippen molar-refractivity contribution in [2.75, 3.05) is 10.7 Å². The summed E-state index contributed by atoms with van der Waals surface area (Å²) in [6.45, 7) is 2.31. The van der Waals surface area contributed by atoms with Gasteiger partial charge in [-0.2, -0.15) is 0 Å². The Morgan fingerprint density at radius 3 is 2.50 bits per heavy atom. The highest BCUT2D eigenvalue weighted by Crippen LogP contribution is 2.39. The van der Waals surface area contributed by atoms with Gasteiger partial charge in [0.05, 0.1) is 11.1 Å². The van der Waals surface area contributed by atoms with E-state index in [2.05, 4.69) is 17.1 Å². The van der Waals surface area contributed by atoms with Crippen LogP contribution in [0.1, 0.15) is 23.8 Å². The third-order valence-corrected chi connectivity index (χ3v) is 8.36. The first-order valence-electron chi connectivity index (χ1n) is 11.4. The van der Waals surface area contributed by atoms with E-state index in [9.17, 15) is 4.79 Å². The zero-order valence-electron chi connectivity index (χ0n) is 18.7. The maximum absolute atomic E-state index is 13.4. The third-order valence-electron chi connectivity index (χ3n) is 6.27. The van der Waals surface area contributed by atoms with E-state index in [1.807, 2.05) is 65.1 Å². The number of aromatic nitrogens is 4. The minimum absolute atomic E-state index is 0.0184. The molecule has 0 N–H and O–H groups in total. The van der Waals surface area contributed by atoms with Gasteiger partial charge in [-0.1, -0.05) is 55.1 Å². The average Bonchev–Trinajstić information content (AvgIpc) is 3.44. The predicted molar refractivity (Wildman–Crippen MR) is 138 cm³/mol. The zero-order chi connectivity index (χ0) is 23.1. The Kier molecular flexibility index (Phi) is 5.55. The maximum Gasteiger partial charge on any atom is 0.242 e. The van der Waals surface area contributed by atoms with Gasteiger partial charge in [0.15, 0.2) is 10.8 Å². The summed E-state index contributed by atoms with van der Waals surface area (Å²) < 4.78 is 1.93. The fraction of sp³-hybridized carbons (Fsp3) is 0.231. The Bertz CT molecular complexity index is 1440. The lowest BCUT2D eigenvalue weighted by molar-refractivity contribution is -0.115. The van der Waals surface area contributed by atoms with E-state index in [4.69, 9.17) is 4.98 Å². The van der Waals surface area contributed by atoms with Gasteiger partial charge in [-0.05, 0) is 55.0 Å². The van der Waals surface area contributed by atoms with Crippen LogP contribution in [0.15, 0.2) is 72.1 Å². The molecular formula is C26H23N5OS2. The van der Waals surface area contributed by atoms with E-state index in [-0.39, 0.29) is 11.7 Å². The summed E-state index contributed by atoms with van der Waals surface area (Å²) in [5.74, 6) is 0.931. The Morgan fingerprint density at radius 1 is 1.09 bits per heavy atom. The van der Waals surface area contributed by atoms with E-state index < -0.39 is 0 Å². The number of hydrogen-bond acceptors (Lipinski definition) is 6. The van der Waals surface area contributed by atoms with Gasteiger partial charge in [-0.3, -0.25) is 14.1 Å². The van der Waals surface area contributed by atoms with Gasteiger partial charge < -0.3 is 0 Å². The van der Waals surface area contributed by atoms with Crippen LogP contribution in [0, 0.1) is 5.92 Å². The van der Waals surface area contributed by atoms with Crippen molar-refractivity contribution >= 4 is 56.2 Å². The van der Waals surface area contributed by atoms with Crippen molar-refractivity contribution in [1.82, 2.24) is 19.6 Å². The van der Waals surface area contributed by atoms with Crippen LogP contribution >= 0.6 is 23.1 Å². The van der Waals surface area contributed by atoms with Crippen LogP contribution in [-0.2, 0) is 17.6 Å². The second kappa shape index (κ2) is 8.85. The molecule has 0 aliphatic heterocycles. The number of hydrogen-bond donors (Lipinski definition) is 0. The lowest BCUT2D eigenvalue weighted by atomic mass is 9.89. The number of anilines is 2. The Balaban J connectivity index is 1.30. The molecule has 1 aliphatic rings. The number of nitrogens with zero attached hydrogens (tertiary/aromatic N) is 5. The smallest absolute Gasteiger partial charge is 0.242 e. The molecule has 0 spiro atoms. The molecule has 3 heterocycles. The molecule has 8 heteroatoms. The van der Waals surface area contributed by atoms with Crippen molar-refractivity contribution in [3.8, 4) is 0 Å². The Hall–Kier alpha value is -3.23. The van der Waals surface area contributed by atoms with Crippen LogP contribution in [0.25, 0.3) is 15.9 Å². The number of rotatable bonds is 5. The van der Waals surface area contributed by atoms with E-state index >= 15 is 0 Å². The topological polar surface area (TPSA) is 63.4 Å². The van der Waals surface area contributed by atoms with Crippen molar-refractivity contribution < 1.29 is 4.79 Å². The minimum Gasteiger partial charge on any atom is -0.280 e. The van der Waals surface area contributed by atoms with Crippen LogP contribution in [-0.4, -0.2) is 31.2 Å². The second-order valence-electron chi connectivity index (χ2n) is 8.64. The van der Waals surface area contributed by atoms with E-state index in [1.54, 1.807) is 22.6 Å². The molecule has 0 saturated carbocycles. The standard InChI is InChI=1S/C26H23N5OS2/c1-17-12-13-20-21(14-17)34-25-23(20)24-28-29-26(30(24)16-27-25)33-15-22(32)31(18-8-4-2-5-9-18)19-10-6-3-7-11-19/h2-11,16-17H,12-15H2,1H3/t17-/m0/s1. The molecule has 0 fully saturated rings. The molecule has 0 saturated heterocycles. The van der Waals surface area contributed by atoms with Crippen molar-refractivity contribution in [3.63, 3.8) is 0 Å². The summed E-state index contributed by atoms with van der Waals surface area (Å²) in [4.78, 5) is 22.3. The molecule has 0 radical (unpaired) electrons. The van der Waals surface area contributed by atoms with E-state index in [0.717, 1.165) is 40.1 Å². The first-order chi connectivity index (χ1) is 16.7. The normalized spacial score (nSPS) is 15.5. The molecule has 6 rings (SSSR count). The molecule has 1 atom stereocenters. The number of benzene rings is 2. The number of amides is 1. The molecular weight excluding hydrogens is 462 g/mol. The molecule has 1 amide bonds. The van der Waals surface area contributed by atoms with Crippen molar-refractivity contribution in [3.05, 3.63) is 77.4 Å². The minimum atomic E-state index is -0.0184. The van der Waals surface area contributed by atoms with E-state index in [0.29, 0.717) is 11.1 Å². The summed E-state index contributed by atoms with van der Waals surface area (Å²) in [6, 6.07) is 19.5. The average molecular weight is 486 g/mol. The van der Waals surface area contributed by atoms with Gasteiger partial charge in [-0.15, -0.1) is 21.5 Å². The summed E-state index contributed by atoms with van der Waals surface area (Å²) in [6.07, 6.45) is 5.16. The number of carbonyl (C=O) groups is 1. The highest BCUT2D eigenvalue weighted by molar-refractivity contribution is 7.99. The molecule has 5 aromatic rings. The van der Waals surface area contributed by atoms with Crippen LogP contribution in [0.3, 0.4) is 0 Å². The van der Waals surface area contributed by atoms with E-state index in [1.165, 1.54) is 28.6 Å². The number of carbonyl (C=O) groups excluding carboxylic acids is 1. The summed E-state index contributed by atoms with van der Waals surface area (Å²) >= 11 is 3.18.